The van der Waals surface area contributed by atoms with Crippen molar-refractivity contribution in [3.63, 3.8) is 0 Å². The van der Waals surface area contributed by atoms with Gasteiger partial charge in [-0.3, -0.25) is 4.79 Å². The van der Waals surface area contributed by atoms with Crippen molar-refractivity contribution in [2.24, 2.45) is 0 Å². The highest BCUT2D eigenvalue weighted by atomic mass is 32.1. The second-order valence-corrected chi connectivity index (χ2v) is 4.82. The molecule has 82 valence electrons. The van der Waals surface area contributed by atoms with E-state index < -0.39 is 0 Å². The second kappa shape index (κ2) is 4.33. The Kier molecular flexibility index (Phi) is 3.07. The van der Waals surface area contributed by atoms with E-state index in [2.05, 4.69) is 12.2 Å². The van der Waals surface area contributed by atoms with Crippen LogP contribution in [0, 0.1) is 6.92 Å². The Hall–Kier alpha value is -0.870. The van der Waals surface area contributed by atoms with Crippen molar-refractivity contribution < 1.29 is 4.79 Å². The van der Waals surface area contributed by atoms with E-state index in [-0.39, 0.29) is 5.91 Å². The number of piperazine rings is 1. The lowest BCUT2D eigenvalue weighted by Crippen LogP contribution is -2.51. The quantitative estimate of drug-likeness (QED) is 0.784. The molecule has 1 atom stereocenters. The summed E-state index contributed by atoms with van der Waals surface area (Å²) < 4.78 is 0. The van der Waals surface area contributed by atoms with Crippen LogP contribution in [0.2, 0.25) is 0 Å². The van der Waals surface area contributed by atoms with Crippen molar-refractivity contribution in [3.05, 3.63) is 21.9 Å². The molecule has 1 aliphatic heterocycles. The average Bonchev–Trinajstić information content (AvgIpc) is 2.63. The number of carbonyl (C=O) groups excluding carboxylic acids is 1. The van der Waals surface area contributed by atoms with Gasteiger partial charge >= 0.3 is 0 Å². The molecule has 1 aromatic rings. The standard InChI is InChI=1S/C11H16N2OS/c1-8-6-15-7-10(8)11(14)13-4-3-12-9(2)5-13/h6-7,9,12H,3-5H2,1-2H3. The van der Waals surface area contributed by atoms with Gasteiger partial charge in [0.15, 0.2) is 0 Å². The van der Waals surface area contributed by atoms with Gasteiger partial charge in [0.05, 0.1) is 5.56 Å². The molecule has 0 saturated carbocycles. The Morgan fingerprint density at radius 1 is 1.60 bits per heavy atom. The van der Waals surface area contributed by atoms with Crippen molar-refractivity contribution in [2.45, 2.75) is 19.9 Å². The van der Waals surface area contributed by atoms with Gasteiger partial charge in [-0.1, -0.05) is 0 Å². The lowest BCUT2D eigenvalue weighted by Gasteiger charge is -2.31. The lowest BCUT2D eigenvalue weighted by atomic mass is 10.1. The molecule has 1 aliphatic rings. The first-order valence-electron chi connectivity index (χ1n) is 5.24. The van der Waals surface area contributed by atoms with E-state index in [0.29, 0.717) is 6.04 Å². The van der Waals surface area contributed by atoms with E-state index in [4.69, 9.17) is 0 Å². The molecule has 1 aromatic heterocycles. The lowest BCUT2D eigenvalue weighted by molar-refractivity contribution is 0.0709. The molecule has 3 nitrogen and oxygen atoms in total. The topological polar surface area (TPSA) is 32.3 Å². The van der Waals surface area contributed by atoms with Gasteiger partial charge in [0.2, 0.25) is 0 Å². The number of hydrogen-bond donors (Lipinski definition) is 1. The summed E-state index contributed by atoms with van der Waals surface area (Å²) in [7, 11) is 0. The van der Waals surface area contributed by atoms with E-state index in [1.807, 2.05) is 22.6 Å². The first kappa shape index (κ1) is 10.6. The molecule has 4 heteroatoms. The van der Waals surface area contributed by atoms with Gasteiger partial charge in [-0.25, -0.2) is 0 Å². The van der Waals surface area contributed by atoms with Crippen LogP contribution in [-0.2, 0) is 0 Å². The average molecular weight is 224 g/mol. The number of nitrogens with one attached hydrogen (secondary N) is 1. The smallest absolute Gasteiger partial charge is 0.255 e. The number of aryl methyl sites for hydroxylation is 1. The number of rotatable bonds is 1. The highest BCUT2D eigenvalue weighted by Crippen LogP contribution is 2.16. The molecule has 0 spiro atoms. The fraction of sp³-hybridized carbons (Fsp3) is 0.545. The van der Waals surface area contributed by atoms with E-state index in [1.165, 1.54) is 0 Å². The van der Waals surface area contributed by atoms with Gasteiger partial charge in [0.1, 0.15) is 0 Å². The number of carbonyl (C=O) groups is 1. The molecule has 0 aromatic carbocycles. The first-order chi connectivity index (χ1) is 7.18. The largest absolute Gasteiger partial charge is 0.336 e. The summed E-state index contributed by atoms with van der Waals surface area (Å²) in [6.07, 6.45) is 0. The molecule has 0 radical (unpaired) electrons. The van der Waals surface area contributed by atoms with Crippen LogP contribution < -0.4 is 5.32 Å². The van der Waals surface area contributed by atoms with Gasteiger partial charge in [0, 0.05) is 31.1 Å². The number of hydrogen-bond acceptors (Lipinski definition) is 3. The molecule has 1 unspecified atom stereocenters. The SMILES string of the molecule is Cc1cscc1C(=O)N1CCNC(C)C1. The Labute approximate surface area is 94.1 Å². The second-order valence-electron chi connectivity index (χ2n) is 4.07. The summed E-state index contributed by atoms with van der Waals surface area (Å²) in [6.45, 7) is 6.64. The third-order valence-electron chi connectivity index (χ3n) is 2.74. The van der Waals surface area contributed by atoms with Crippen LogP contribution in [0.1, 0.15) is 22.8 Å². The molecule has 1 amide bonds. The van der Waals surface area contributed by atoms with Gasteiger partial charge in [-0.15, -0.1) is 0 Å². The van der Waals surface area contributed by atoms with E-state index in [0.717, 1.165) is 30.8 Å². The van der Waals surface area contributed by atoms with Crippen LogP contribution in [0.15, 0.2) is 10.8 Å². The maximum atomic E-state index is 12.1. The van der Waals surface area contributed by atoms with Gasteiger partial charge < -0.3 is 10.2 Å². The highest BCUT2D eigenvalue weighted by molar-refractivity contribution is 7.08. The monoisotopic (exact) mass is 224 g/mol. The maximum absolute atomic E-state index is 12.1. The predicted octanol–water partition coefficient (Wildman–Crippen LogP) is 1.49. The summed E-state index contributed by atoms with van der Waals surface area (Å²) in [5.41, 5.74) is 1.96. The summed E-state index contributed by atoms with van der Waals surface area (Å²) >= 11 is 1.60. The number of nitrogens with zero attached hydrogens (tertiary/aromatic N) is 1. The van der Waals surface area contributed by atoms with Crippen LogP contribution >= 0.6 is 11.3 Å². The maximum Gasteiger partial charge on any atom is 0.255 e. The van der Waals surface area contributed by atoms with Crippen LogP contribution in [0.5, 0.6) is 0 Å². The Bertz CT molecular complexity index is 361. The highest BCUT2D eigenvalue weighted by Gasteiger charge is 2.22. The zero-order chi connectivity index (χ0) is 10.8. The van der Waals surface area contributed by atoms with Crippen LogP contribution in [0.3, 0.4) is 0 Å². The fourth-order valence-corrected chi connectivity index (χ4v) is 2.69. The van der Waals surface area contributed by atoms with E-state index in [1.54, 1.807) is 11.3 Å². The predicted molar refractivity (Wildman–Crippen MR) is 62.4 cm³/mol. The third-order valence-corrected chi connectivity index (χ3v) is 3.60. The fourth-order valence-electron chi connectivity index (χ4n) is 1.87. The molecule has 1 saturated heterocycles. The molecule has 1 fully saturated rings. The number of thiophene rings is 1. The molecule has 0 aliphatic carbocycles. The molecule has 1 N–H and O–H groups in total. The first-order valence-corrected chi connectivity index (χ1v) is 6.18. The molecule has 2 heterocycles. The van der Waals surface area contributed by atoms with Crippen LogP contribution in [0.25, 0.3) is 0 Å². The Balaban J connectivity index is 2.11. The molecule has 2 rings (SSSR count). The minimum absolute atomic E-state index is 0.183. The van der Waals surface area contributed by atoms with Crippen LogP contribution in [-0.4, -0.2) is 36.5 Å². The summed E-state index contributed by atoms with van der Waals surface area (Å²) in [5, 5.41) is 7.31. The zero-order valence-corrected chi connectivity index (χ0v) is 9.93. The molecular weight excluding hydrogens is 208 g/mol. The van der Waals surface area contributed by atoms with Gasteiger partial charge in [-0.2, -0.15) is 11.3 Å². The Morgan fingerprint density at radius 2 is 2.40 bits per heavy atom. The van der Waals surface area contributed by atoms with Crippen LogP contribution in [0.4, 0.5) is 0 Å². The van der Waals surface area contributed by atoms with Crippen molar-refractivity contribution in [3.8, 4) is 0 Å². The zero-order valence-electron chi connectivity index (χ0n) is 9.12. The Morgan fingerprint density at radius 3 is 3.00 bits per heavy atom. The minimum Gasteiger partial charge on any atom is -0.336 e. The van der Waals surface area contributed by atoms with Crippen molar-refractivity contribution in [1.82, 2.24) is 10.2 Å². The number of amides is 1. The third kappa shape index (κ3) is 2.21. The van der Waals surface area contributed by atoms with Crippen molar-refractivity contribution in [2.75, 3.05) is 19.6 Å². The van der Waals surface area contributed by atoms with E-state index >= 15 is 0 Å². The molecule has 15 heavy (non-hydrogen) atoms. The van der Waals surface area contributed by atoms with E-state index in [9.17, 15) is 4.79 Å². The van der Waals surface area contributed by atoms with Crippen molar-refractivity contribution in [1.29, 1.82) is 0 Å². The summed E-state index contributed by atoms with van der Waals surface area (Å²) in [5.74, 6) is 0.183. The van der Waals surface area contributed by atoms with Gasteiger partial charge in [-0.05, 0) is 24.8 Å². The summed E-state index contributed by atoms with van der Waals surface area (Å²) in [4.78, 5) is 14.1. The molecule has 0 bridgehead atoms. The van der Waals surface area contributed by atoms with Gasteiger partial charge in [0.25, 0.3) is 5.91 Å². The normalized spacial score (nSPS) is 21.7. The van der Waals surface area contributed by atoms with Crippen molar-refractivity contribution >= 4 is 17.2 Å². The summed E-state index contributed by atoms with van der Waals surface area (Å²) in [6, 6.07) is 0.404. The minimum atomic E-state index is 0.183. The molecular formula is C11H16N2OS.